The minimum Gasteiger partial charge on any atom is -0.295 e. The van der Waals surface area contributed by atoms with Crippen molar-refractivity contribution in [3.63, 3.8) is 0 Å². The number of carbonyl (C=O) groups excluding carboxylic acids is 1. The molecule has 0 amide bonds. The number of benzene rings is 2. The predicted octanol–water partition coefficient (Wildman–Crippen LogP) is 3.76. The van der Waals surface area contributed by atoms with Crippen molar-refractivity contribution in [2.45, 2.75) is 13.3 Å². The van der Waals surface area contributed by atoms with Gasteiger partial charge in [0, 0.05) is 18.1 Å². The van der Waals surface area contributed by atoms with Crippen molar-refractivity contribution in [3.8, 4) is 0 Å². The maximum absolute atomic E-state index is 13.5. The van der Waals surface area contributed by atoms with Crippen molar-refractivity contribution in [2.75, 3.05) is 0 Å². The van der Waals surface area contributed by atoms with E-state index in [0.717, 1.165) is 11.6 Å². The van der Waals surface area contributed by atoms with Gasteiger partial charge in [0.15, 0.2) is 5.78 Å². The normalized spacial score (nSPS) is 10.4. The van der Waals surface area contributed by atoms with Gasteiger partial charge >= 0.3 is 0 Å². The molecule has 2 aromatic rings. The lowest BCUT2D eigenvalue weighted by Gasteiger charge is -2.05. The van der Waals surface area contributed by atoms with E-state index >= 15 is 0 Å². The van der Waals surface area contributed by atoms with E-state index in [0.29, 0.717) is 17.5 Å². The van der Waals surface area contributed by atoms with Gasteiger partial charge in [0.05, 0.1) is 0 Å². The molecule has 0 radical (unpaired) electrons. The molecule has 0 unspecified atom stereocenters. The van der Waals surface area contributed by atoms with Crippen molar-refractivity contribution >= 4 is 5.78 Å². The van der Waals surface area contributed by atoms with Crippen LogP contribution in [0.25, 0.3) is 0 Å². The Morgan fingerprint density at radius 2 is 1.89 bits per heavy atom. The van der Waals surface area contributed by atoms with Crippen molar-refractivity contribution in [3.05, 3.63) is 70.8 Å². The summed E-state index contributed by atoms with van der Waals surface area (Å²) in [5.74, 6) is -1.19. The first-order valence-corrected chi connectivity index (χ1v) is 5.60. The molecule has 0 aliphatic rings. The third-order valence-corrected chi connectivity index (χ3v) is 2.74. The summed E-state index contributed by atoms with van der Waals surface area (Å²) < 4.78 is 26.3. The number of ketones is 1. The fraction of sp³-hybridized carbons (Fsp3) is 0.133. The van der Waals surface area contributed by atoms with E-state index < -0.39 is 11.6 Å². The average Bonchev–Trinajstić information content (AvgIpc) is 2.33. The first-order valence-electron chi connectivity index (χ1n) is 5.60. The van der Waals surface area contributed by atoms with Gasteiger partial charge in [-0.25, -0.2) is 8.78 Å². The van der Waals surface area contributed by atoms with E-state index in [1.807, 2.05) is 6.07 Å². The predicted molar refractivity (Wildman–Crippen MR) is 65.6 cm³/mol. The Hall–Kier alpha value is -2.03. The number of hydrogen-bond acceptors (Lipinski definition) is 1. The highest BCUT2D eigenvalue weighted by Gasteiger charge is 2.06. The standard InChI is InChI=1S/C15H12F2O/c1-10(18)12-4-2-3-11(7-12)8-13-5-6-14(16)9-15(13)17/h2-7,9H,8H2,1H3. The summed E-state index contributed by atoms with van der Waals surface area (Å²) in [6.07, 6.45) is 0.341. The Morgan fingerprint density at radius 1 is 1.11 bits per heavy atom. The first-order chi connectivity index (χ1) is 8.56. The van der Waals surface area contributed by atoms with Crippen LogP contribution in [0.2, 0.25) is 0 Å². The molecule has 0 bridgehead atoms. The Balaban J connectivity index is 2.28. The molecule has 0 fully saturated rings. The van der Waals surface area contributed by atoms with Crippen molar-refractivity contribution in [2.24, 2.45) is 0 Å². The van der Waals surface area contributed by atoms with Gasteiger partial charge in [-0.3, -0.25) is 4.79 Å². The third-order valence-electron chi connectivity index (χ3n) is 2.74. The van der Waals surface area contributed by atoms with Crippen molar-refractivity contribution < 1.29 is 13.6 Å². The molecule has 0 aromatic heterocycles. The van der Waals surface area contributed by atoms with Crippen molar-refractivity contribution in [1.29, 1.82) is 0 Å². The van der Waals surface area contributed by atoms with Gasteiger partial charge in [0.1, 0.15) is 11.6 Å². The molecule has 18 heavy (non-hydrogen) atoms. The maximum atomic E-state index is 13.5. The van der Waals surface area contributed by atoms with Gasteiger partial charge < -0.3 is 0 Å². The molecule has 3 heteroatoms. The minimum atomic E-state index is -0.589. The first kappa shape index (κ1) is 12.4. The van der Waals surface area contributed by atoms with Crippen molar-refractivity contribution in [1.82, 2.24) is 0 Å². The fourth-order valence-corrected chi connectivity index (χ4v) is 1.79. The van der Waals surface area contributed by atoms with Crippen LogP contribution in [0.4, 0.5) is 8.78 Å². The number of halogens is 2. The minimum absolute atomic E-state index is 0.0311. The number of hydrogen-bond donors (Lipinski definition) is 0. The lowest BCUT2D eigenvalue weighted by atomic mass is 10.0. The summed E-state index contributed by atoms with van der Waals surface area (Å²) >= 11 is 0. The molecule has 1 nitrogen and oxygen atoms in total. The molecular formula is C15H12F2O. The Labute approximate surface area is 104 Å². The molecule has 0 aliphatic heterocycles. The SMILES string of the molecule is CC(=O)c1cccc(Cc2ccc(F)cc2F)c1. The number of Topliss-reactive ketones (excluding diaryl/α,β-unsaturated/α-hetero) is 1. The van der Waals surface area contributed by atoms with Crippen LogP contribution in [-0.2, 0) is 6.42 Å². The monoisotopic (exact) mass is 246 g/mol. The molecule has 0 atom stereocenters. The van der Waals surface area contributed by atoms with E-state index in [9.17, 15) is 13.6 Å². The van der Waals surface area contributed by atoms with Crippen LogP contribution in [0.15, 0.2) is 42.5 Å². The van der Waals surface area contributed by atoms with Gasteiger partial charge in [-0.1, -0.05) is 24.3 Å². The smallest absolute Gasteiger partial charge is 0.159 e. The second-order valence-electron chi connectivity index (χ2n) is 4.17. The quantitative estimate of drug-likeness (QED) is 0.754. The summed E-state index contributed by atoms with van der Waals surface area (Å²) in [5, 5.41) is 0. The van der Waals surface area contributed by atoms with Crippen LogP contribution in [0, 0.1) is 11.6 Å². The van der Waals surface area contributed by atoms with Crippen LogP contribution >= 0.6 is 0 Å². The van der Waals surface area contributed by atoms with Crippen LogP contribution in [0.3, 0.4) is 0 Å². The summed E-state index contributed by atoms with van der Waals surface area (Å²) in [6.45, 7) is 1.48. The molecule has 0 saturated carbocycles. The molecule has 0 saturated heterocycles. The van der Waals surface area contributed by atoms with Gasteiger partial charge in [-0.15, -0.1) is 0 Å². The molecular weight excluding hydrogens is 234 g/mol. The summed E-state index contributed by atoms with van der Waals surface area (Å²) in [4.78, 5) is 11.2. The van der Waals surface area contributed by atoms with Crippen LogP contribution in [0.1, 0.15) is 28.4 Å². The average molecular weight is 246 g/mol. The largest absolute Gasteiger partial charge is 0.295 e. The summed E-state index contributed by atoms with van der Waals surface area (Å²) in [7, 11) is 0. The van der Waals surface area contributed by atoms with E-state index in [-0.39, 0.29) is 5.78 Å². The molecule has 2 aromatic carbocycles. The zero-order valence-corrected chi connectivity index (χ0v) is 9.91. The van der Waals surface area contributed by atoms with E-state index in [4.69, 9.17) is 0 Å². The highest BCUT2D eigenvalue weighted by Crippen LogP contribution is 2.16. The van der Waals surface area contributed by atoms with Crippen LogP contribution < -0.4 is 0 Å². The number of rotatable bonds is 3. The molecule has 0 aliphatic carbocycles. The van der Waals surface area contributed by atoms with Gasteiger partial charge in [0.2, 0.25) is 0 Å². The van der Waals surface area contributed by atoms with Gasteiger partial charge in [-0.2, -0.15) is 0 Å². The Kier molecular flexibility index (Phi) is 3.51. The van der Waals surface area contributed by atoms with Crippen LogP contribution in [0.5, 0.6) is 0 Å². The highest BCUT2D eigenvalue weighted by molar-refractivity contribution is 5.94. The van der Waals surface area contributed by atoms with Crippen LogP contribution in [-0.4, -0.2) is 5.78 Å². The third kappa shape index (κ3) is 2.80. The Morgan fingerprint density at radius 3 is 2.56 bits per heavy atom. The maximum Gasteiger partial charge on any atom is 0.159 e. The molecule has 92 valence electrons. The molecule has 0 spiro atoms. The highest BCUT2D eigenvalue weighted by atomic mass is 19.1. The van der Waals surface area contributed by atoms with E-state index in [1.54, 1.807) is 18.2 Å². The lowest BCUT2D eigenvalue weighted by molar-refractivity contribution is 0.101. The zero-order chi connectivity index (χ0) is 13.1. The van der Waals surface area contributed by atoms with Gasteiger partial charge in [0.25, 0.3) is 0 Å². The fourth-order valence-electron chi connectivity index (χ4n) is 1.79. The number of carbonyl (C=O) groups is 1. The summed E-state index contributed by atoms with van der Waals surface area (Å²) in [6, 6.07) is 10.5. The zero-order valence-electron chi connectivity index (χ0n) is 9.91. The van der Waals surface area contributed by atoms with E-state index in [2.05, 4.69) is 0 Å². The topological polar surface area (TPSA) is 17.1 Å². The van der Waals surface area contributed by atoms with Gasteiger partial charge in [-0.05, 0) is 30.2 Å². The lowest BCUT2D eigenvalue weighted by Crippen LogP contribution is -1.97. The molecule has 0 heterocycles. The summed E-state index contributed by atoms with van der Waals surface area (Å²) in [5.41, 5.74) is 1.83. The second kappa shape index (κ2) is 5.08. The van der Waals surface area contributed by atoms with E-state index in [1.165, 1.54) is 19.1 Å². The second-order valence-corrected chi connectivity index (χ2v) is 4.17. The molecule has 0 N–H and O–H groups in total. The Bertz CT molecular complexity index is 591. The molecule has 2 rings (SSSR count).